The smallest absolute Gasteiger partial charge is 0.238 e. The highest BCUT2D eigenvalue weighted by molar-refractivity contribution is 6.09. The Labute approximate surface area is 372 Å². The second-order valence-corrected chi connectivity index (χ2v) is 16.2. The van der Waals surface area contributed by atoms with E-state index in [1.165, 1.54) is 0 Å². The molecule has 0 spiro atoms. The summed E-state index contributed by atoms with van der Waals surface area (Å²) in [6.45, 7) is 0. The number of furan rings is 1. The molecule has 0 saturated carbocycles. The van der Waals surface area contributed by atoms with Gasteiger partial charge in [-0.15, -0.1) is 0 Å². The monoisotopic (exact) mass is 833 g/mol. The number of benzene rings is 9. The van der Waals surface area contributed by atoms with Crippen molar-refractivity contribution in [1.29, 1.82) is 0 Å². The molecule has 0 bridgehead atoms. The van der Waals surface area contributed by atoms with Crippen molar-refractivity contribution in [3.05, 3.63) is 212 Å². The third-order valence-electron chi connectivity index (χ3n) is 12.3. The molecule has 0 aliphatic carbocycles. The van der Waals surface area contributed by atoms with E-state index in [0.29, 0.717) is 23.5 Å². The van der Waals surface area contributed by atoms with Crippen molar-refractivity contribution < 1.29 is 8.83 Å². The van der Waals surface area contributed by atoms with E-state index in [4.69, 9.17) is 28.8 Å². The van der Waals surface area contributed by atoms with E-state index in [-0.39, 0.29) is 0 Å². The summed E-state index contributed by atoms with van der Waals surface area (Å²) in [5.41, 5.74) is 14.4. The minimum atomic E-state index is 0.535. The van der Waals surface area contributed by atoms with Crippen LogP contribution in [0.4, 0.5) is 0 Å². The first-order valence-electron chi connectivity index (χ1n) is 21.6. The van der Waals surface area contributed by atoms with Crippen LogP contribution in [0.25, 0.3) is 128 Å². The van der Waals surface area contributed by atoms with Crippen LogP contribution < -0.4 is 0 Å². The standard InChI is InChI=1S/C58H35N5O2/c1-3-13-37(14-4-1)48-33-41(27-30-43(48)38-25-23-36(24-26-38)40-29-32-49-54(34-40)65-57(59-49)39-15-5-2-6-16-39)55-60-56(42-28-31-47-46-19-9-12-22-52(46)64-53(47)35-42)62-58(61-55)63-50-20-10-7-17-44(50)45-18-8-11-21-51(45)63/h1-35H. The van der Waals surface area contributed by atoms with Gasteiger partial charge in [0, 0.05) is 38.2 Å². The van der Waals surface area contributed by atoms with Crippen LogP contribution in [0, 0.1) is 0 Å². The molecule has 7 heteroatoms. The van der Waals surface area contributed by atoms with E-state index in [9.17, 15) is 0 Å². The first-order valence-corrected chi connectivity index (χ1v) is 21.6. The topological polar surface area (TPSA) is 82.8 Å². The maximum Gasteiger partial charge on any atom is 0.238 e. The summed E-state index contributed by atoms with van der Waals surface area (Å²) in [5, 5.41) is 4.39. The van der Waals surface area contributed by atoms with Crippen LogP contribution >= 0.6 is 0 Å². The number of rotatable bonds is 7. The van der Waals surface area contributed by atoms with Crippen molar-refractivity contribution in [3.8, 4) is 73.6 Å². The van der Waals surface area contributed by atoms with Crippen LogP contribution in [0.5, 0.6) is 0 Å². The van der Waals surface area contributed by atoms with Crippen LogP contribution in [0.1, 0.15) is 0 Å². The molecule has 7 nitrogen and oxygen atoms in total. The van der Waals surface area contributed by atoms with Gasteiger partial charge in [0.1, 0.15) is 16.7 Å². The Kier molecular flexibility index (Phi) is 8.39. The number of oxazole rings is 1. The van der Waals surface area contributed by atoms with Crippen molar-refractivity contribution in [2.45, 2.75) is 0 Å². The van der Waals surface area contributed by atoms with Crippen LogP contribution in [-0.2, 0) is 0 Å². The van der Waals surface area contributed by atoms with Gasteiger partial charge < -0.3 is 8.83 Å². The van der Waals surface area contributed by atoms with Crippen LogP contribution in [0.3, 0.4) is 0 Å². The van der Waals surface area contributed by atoms with E-state index in [2.05, 4.69) is 150 Å². The summed E-state index contributed by atoms with van der Waals surface area (Å²) < 4.78 is 14.7. The second kappa shape index (κ2) is 14.9. The van der Waals surface area contributed by atoms with Crippen molar-refractivity contribution in [3.63, 3.8) is 0 Å². The molecule has 9 aromatic carbocycles. The fraction of sp³-hybridized carbons (Fsp3) is 0. The molecule has 13 rings (SSSR count). The molecule has 0 aliphatic heterocycles. The normalized spacial score (nSPS) is 11.7. The zero-order chi connectivity index (χ0) is 42.8. The molecule has 4 aromatic heterocycles. The van der Waals surface area contributed by atoms with Gasteiger partial charge in [-0.3, -0.25) is 4.57 Å². The minimum Gasteiger partial charge on any atom is -0.456 e. The largest absolute Gasteiger partial charge is 0.456 e. The van der Waals surface area contributed by atoms with E-state index < -0.39 is 0 Å². The highest BCUT2D eigenvalue weighted by Crippen LogP contribution is 2.39. The molecule has 65 heavy (non-hydrogen) atoms. The number of para-hydroxylation sites is 3. The van der Waals surface area contributed by atoms with Crippen LogP contribution in [-0.4, -0.2) is 24.5 Å². The van der Waals surface area contributed by atoms with Gasteiger partial charge in [0.25, 0.3) is 0 Å². The molecular formula is C58H35N5O2. The SMILES string of the molecule is c1ccc(-c2nc3ccc(-c4ccc(-c5ccc(-c6nc(-c7ccc8c(c7)oc7ccccc78)nc(-n7c8ccccc8c8ccccc87)n6)cc5-c5ccccc5)cc4)cc3o2)cc1. The second-order valence-electron chi connectivity index (χ2n) is 16.2. The number of nitrogens with zero attached hydrogens (tertiary/aromatic N) is 5. The Morgan fingerprint density at radius 1 is 0.308 bits per heavy atom. The lowest BCUT2D eigenvalue weighted by Crippen LogP contribution is -2.06. The highest BCUT2D eigenvalue weighted by Gasteiger charge is 2.20. The van der Waals surface area contributed by atoms with E-state index in [1.54, 1.807) is 0 Å². The summed E-state index contributed by atoms with van der Waals surface area (Å²) in [6.07, 6.45) is 0. The Hall–Kier alpha value is -8.94. The summed E-state index contributed by atoms with van der Waals surface area (Å²) in [5.74, 6) is 2.27. The zero-order valence-corrected chi connectivity index (χ0v) is 34.8. The molecule has 0 fully saturated rings. The summed E-state index contributed by atoms with van der Waals surface area (Å²) in [4.78, 5) is 20.5. The van der Waals surface area contributed by atoms with Crippen molar-refractivity contribution >= 4 is 54.8 Å². The molecule has 13 aromatic rings. The lowest BCUT2D eigenvalue weighted by Gasteiger charge is -2.15. The molecule has 0 unspecified atom stereocenters. The molecule has 4 heterocycles. The summed E-state index contributed by atoms with van der Waals surface area (Å²) >= 11 is 0. The van der Waals surface area contributed by atoms with Gasteiger partial charge in [-0.2, -0.15) is 9.97 Å². The van der Waals surface area contributed by atoms with Gasteiger partial charge in [0.05, 0.1) is 11.0 Å². The average molecular weight is 834 g/mol. The Balaban J connectivity index is 0.943. The lowest BCUT2D eigenvalue weighted by atomic mass is 9.91. The van der Waals surface area contributed by atoms with Gasteiger partial charge in [0.2, 0.25) is 11.8 Å². The molecule has 0 radical (unpaired) electrons. The Morgan fingerprint density at radius 3 is 1.58 bits per heavy atom. The predicted octanol–water partition coefficient (Wildman–Crippen LogP) is 15.0. The third-order valence-corrected chi connectivity index (χ3v) is 12.3. The fourth-order valence-corrected chi connectivity index (χ4v) is 9.17. The van der Waals surface area contributed by atoms with Gasteiger partial charge in [-0.1, -0.05) is 152 Å². The molecule has 0 amide bonds. The van der Waals surface area contributed by atoms with Crippen molar-refractivity contribution in [2.24, 2.45) is 0 Å². The number of hydrogen-bond acceptors (Lipinski definition) is 6. The van der Waals surface area contributed by atoms with Gasteiger partial charge in [0.15, 0.2) is 17.2 Å². The van der Waals surface area contributed by atoms with E-state index in [1.807, 2.05) is 66.7 Å². The molecule has 0 aliphatic rings. The van der Waals surface area contributed by atoms with Crippen LogP contribution in [0.15, 0.2) is 221 Å². The number of fused-ring (bicyclic) bond motifs is 7. The van der Waals surface area contributed by atoms with Crippen molar-refractivity contribution in [2.75, 3.05) is 0 Å². The van der Waals surface area contributed by atoms with Gasteiger partial charge >= 0.3 is 0 Å². The average Bonchev–Trinajstić information content (AvgIpc) is 4.08. The first kappa shape index (κ1) is 36.7. The highest BCUT2D eigenvalue weighted by atomic mass is 16.3. The Morgan fingerprint density at radius 2 is 0.846 bits per heavy atom. The lowest BCUT2D eigenvalue weighted by molar-refractivity contribution is 0.620. The quantitative estimate of drug-likeness (QED) is 0.159. The predicted molar refractivity (Wildman–Crippen MR) is 262 cm³/mol. The first-order chi connectivity index (χ1) is 32.2. The number of aromatic nitrogens is 5. The molecule has 304 valence electrons. The molecular weight excluding hydrogens is 799 g/mol. The van der Waals surface area contributed by atoms with Gasteiger partial charge in [-0.25, -0.2) is 9.97 Å². The summed E-state index contributed by atoms with van der Waals surface area (Å²) in [6, 6.07) is 73.1. The maximum atomic E-state index is 6.35. The maximum absolute atomic E-state index is 6.35. The summed E-state index contributed by atoms with van der Waals surface area (Å²) in [7, 11) is 0. The van der Waals surface area contributed by atoms with E-state index in [0.717, 1.165) is 105 Å². The van der Waals surface area contributed by atoms with E-state index >= 15 is 0 Å². The Bertz CT molecular complexity index is 3890. The third kappa shape index (κ3) is 6.28. The van der Waals surface area contributed by atoms with Crippen molar-refractivity contribution in [1.82, 2.24) is 24.5 Å². The zero-order valence-electron chi connectivity index (χ0n) is 34.8. The molecule has 0 N–H and O–H groups in total. The minimum absolute atomic E-state index is 0.535. The number of hydrogen-bond donors (Lipinski definition) is 0. The van der Waals surface area contributed by atoms with Gasteiger partial charge in [-0.05, 0) is 94.0 Å². The van der Waals surface area contributed by atoms with Crippen LogP contribution in [0.2, 0.25) is 0 Å². The fourth-order valence-electron chi connectivity index (χ4n) is 9.17. The molecule has 0 atom stereocenters. The molecule has 0 saturated heterocycles.